The SMILES string of the molecule is CC(C)N1CCOC(CNC(CO)c2ccccc2)C1. The summed E-state index contributed by atoms with van der Waals surface area (Å²) in [6, 6.07) is 10.6. The summed E-state index contributed by atoms with van der Waals surface area (Å²) in [5.74, 6) is 0. The molecule has 4 nitrogen and oxygen atoms in total. The van der Waals surface area contributed by atoms with E-state index in [1.165, 1.54) is 0 Å². The number of nitrogens with one attached hydrogen (secondary N) is 1. The van der Waals surface area contributed by atoms with Crippen LogP contribution in [0.4, 0.5) is 0 Å². The van der Waals surface area contributed by atoms with E-state index in [0.717, 1.165) is 31.8 Å². The van der Waals surface area contributed by atoms with Gasteiger partial charge in [0.05, 0.1) is 25.4 Å². The number of rotatable bonds is 6. The Kier molecular flexibility index (Phi) is 5.98. The van der Waals surface area contributed by atoms with Crippen molar-refractivity contribution < 1.29 is 9.84 Å². The molecule has 1 fully saturated rings. The number of morpholine rings is 1. The maximum Gasteiger partial charge on any atom is 0.0827 e. The summed E-state index contributed by atoms with van der Waals surface area (Å²) in [7, 11) is 0. The monoisotopic (exact) mass is 278 g/mol. The zero-order chi connectivity index (χ0) is 14.4. The van der Waals surface area contributed by atoms with Crippen LogP contribution in [0.2, 0.25) is 0 Å². The lowest BCUT2D eigenvalue weighted by atomic mass is 10.1. The maximum atomic E-state index is 9.54. The summed E-state index contributed by atoms with van der Waals surface area (Å²) < 4.78 is 5.80. The largest absolute Gasteiger partial charge is 0.394 e. The van der Waals surface area contributed by atoms with Crippen LogP contribution < -0.4 is 5.32 Å². The molecule has 1 heterocycles. The molecule has 112 valence electrons. The summed E-state index contributed by atoms with van der Waals surface area (Å²) in [6.45, 7) is 8.06. The first-order valence-corrected chi connectivity index (χ1v) is 7.45. The predicted octanol–water partition coefficient (Wildman–Crippen LogP) is 1.42. The van der Waals surface area contributed by atoms with Crippen molar-refractivity contribution in [3.8, 4) is 0 Å². The molecular weight excluding hydrogens is 252 g/mol. The molecular formula is C16H26N2O2. The van der Waals surface area contributed by atoms with E-state index in [1.807, 2.05) is 30.3 Å². The lowest BCUT2D eigenvalue weighted by Crippen LogP contribution is -2.49. The third-order valence-electron chi connectivity index (χ3n) is 3.88. The molecule has 1 aromatic rings. The summed E-state index contributed by atoms with van der Waals surface area (Å²) in [5.41, 5.74) is 1.12. The lowest BCUT2D eigenvalue weighted by Gasteiger charge is -2.36. The van der Waals surface area contributed by atoms with Crippen LogP contribution in [0.3, 0.4) is 0 Å². The van der Waals surface area contributed by atoms with Crippen molar-refractivity contribution in [2.75, 3.05) is 32.8 Å². The lowest BCUT2D eigenvalue weighted by molar-refractivity contribution is -0.0387. The smallest absolute Gasteiger partial charge is 0.0827 e. The van der Waals surface area contributed by atoms with Gasteiger partial charge in [0.25, 0.3) is 0 Å². The van der Waals surface area contributed by atoms with Crippen molar-refractivity contribution in [1.29, 1.82) is 0 Å². The fourth-order valence-electron chi connectivity index (χ4n) is 2.58. The molecule has 0 aromatic heterocycles. The molecule has 0 aliphatic carbocycles. The van der Waals surface area contributed by atoms with Crippen LogP contribution in [0.15, 0.2) is 30.3 Å². The average Bonchev–Trinajstić information content (AvgIpc) is 2.49. The first kappa shape index (κ1) is 15.4. The summed E-state index contributed by atoms with van der Waals surface area (Å²) >= 11 is 0. The van der Waals surface area contributed by atoms with Crippen LogP contribution in [0.5, 0.6) is 0 Å². The number of hydrogen-bond acceptors (Lipinski definition) is 4. The molecule has 4 heteroatoms. The minimum atomic E-state index is -0.0192. The summed E-state index contributed by atoms with van der Waals surface area (Å²) in [4.78, 5) is 2.44. The van der Waals surface area contributed by atoms with E-state index in [0.29, 0.717) is 6.04 Å². The second-order valence-corrected chi connectivity index (χ2v) is 5.64. The van der Waals surface area contributed by atoms with E-state index >= 15 is 0 Å². The zero-order valence-electron chi connectivity index (χ0n) is 12.5. The Morgan fingerprint density at radius 1 is 1.35 bits per heavy atom. The molecule has 1 aliphatic rings. The molecule has 2 rings (SSSR count). The van der Waals surface area contributed by atoms with E-state index < -0.39 is 0 Å². The number of ether oxygens (including phenoxy) is 1. The van der Waals surface area contributed by atoms with Crippen molar-refractivity contribution in [3.05, 3.63) is 35.9 Å². The highest BCUT2D eigenvalue weighted by Gasteiger charge is 2.23. The molecule has 0 saturated carbocycles. The van der Waals surface area contributed by atoms with Gasteiger partial charge in [-0.3, -0.25) is 4.90 Å². The van der Waals surface area contributed by atoms with Gasteiger partial charge in [-0.05, 0) is 19.4 Å². The molecule has 2 atom stereocenters. The van der Waals surface area contributed by atoms with Crippen molar-refractivity contribution in [3.63, 3.8) is 0 Å². The van der Waals surface area contributed by atoms with E-state index in [9.17, 15) is 5.11 Å². The van der Waals surface area contributed by atoms with E-state index in [2.05, 4.69) is 24.1 Å². The highest BCUT2D eigenvalue weighted by molar-refractivity contribution is 5.18. The van der Waals surface area contributed by atoms with Gasteiger partial charge in [-0.25, -0.2) is 0 Å². The van der Waals surface area contributed by atoms with Gasteiger partial charge in [-0.15, -0.1) is 0 Å². The Bertz CT molecular complexity index is 383. The standard InChI is InChI=1S/C16H26N2O2/c1-13(2)18-8-9-20-15(11-18)10-17-16(12-19)14-6-4-3-5-7-14/h3-7,13,15-17,19H,8-12H2,1-2H3. The second-order valence-electron chi connectivity index (χ2n) is 5.64. The van der Waals surface area contributed by atoms with Gasteiger partial charge < -0.3 is 15.2 Å². The Hall–Kier alpha value is -0.940. The van der Waals surface area contributed by atoms with Gasteiger partial charge in [0.1, 0.15) is 0 Å². The molecule has 2 N–H and O–H groups in total. The fraction of sp³-hybridized carbons (Fsp3) is 0.625. The molecule has 0 bridgehead atoms. The zero-order valence-corrected chi connectivity index (χ0v) is 12.5. The van der Waals surface area contributed by atoms with Crippen molar-refractivity contribution in [2.24, 2.45) is 0 Å². The first-order valence-electron chi connectivity index (χ1n) is 7.45. The van der Waals surface area contributed by atoms with Crippen LogP contribution >= 0.6 is 0 Å². The fourth-order valence-corrected chi connectivity index (χ4v) is 2.58. The quantitative estimate of drug-likeness (QED) is 0.826. The van der Waals surface area contributed by atoms with Gasteiger partial charge >= 0.3 is 0 Å². The maximum absolute atomic E-state index is 9.54. The molecule has 1 saturated heterocycles. The van der Waals surface area contributed by atoms with Crippen molar-refractivity contribution in [2.45, 2.75) is 32.0 Å². The van der Waals surface area contributed by atoms with Gasteiger partial charge in [0.15, 0.2) is 0 Å². The van der Waals surface area contributed by atoms with Crippen LogP contribution in [-0.4, -0.2) is 55.0 Å². The van der Waals surface area contributed by atoms with E-state index in [-0.39, 0.29) is 18.8 Å². The van der Waals surface area contributed by atoms with Crippen molar-refractivity contribution in [1.82, 2.24) is 10.2 Å². The molecule has 1 aliphatic heterocycles. The van der Waals surface area contributed by atoms with Gasteiger partial charge in [0.2, 0.25) is 0 Å². The minimum absolute atomic E-state index is 0.0192. The Balaban J connectivity index is 1.84. The third kappa shape index (κ3) is 4.28. The number of aliphatic hydroxyl groups is 1. The summed E-state index contributed by atoms with van der Waals surface area (Å²) in [6.07, 6.45) is 0.198. The van der Waals surface area contributed by atoms with Gasteiger partial charge in [-0.1, -0.05) is 30.3 Å². The molecule has 1 aromatic carbocycles. The number of aliphatic hydroxyl groups excluding tert-OH is 1. The number of nitrogens with zero attached hydrogens (tertiary/aromatic N) is 1. The Morgan fingerprint density at radius 3 is 2.75 bits per heavy atom. The van der Waals surface area contributed by atoms with Crippen LogP contribution in [-0.2, 0) is 4.74 Å². The first-order chi connectivity index (χ1) is 9.70. The molecule has 0 amide bonds. The highest BCUT2D eigenvalue weighted by atomic mass is 16.5. The predicted molar refractivity (Wildman–Crippen MR) is 80.7 cm³/mol. The van der Waals surface area contributed by atoms with Gasteiger partial charge in [0, 0.05) is 25.7 Å². The third-order valence-corrected chi connectivity index (χ3v) is 3.88. The normalized spacial score (nSPS) is 22.1. The average molecular weight is 278 g/mol. The number of hydrogen-bond donors (Lipinski definition) is 2. The summed E-state index contributed by atoms with van der Waals surface area (Å²) in [5, 5.41) is 12.9. The van der Waals surface area contributed by atoms with Crippen LogP contribution in [0, 0.1) is 0 Å². The van der Waals surface area contributed by atoms with E-state index in [1.54, 1.807) is 0 Å². The minimum Gasteiger partial charge on any atom is -0.394 e. The van der Waals surface area contributed by atoms with Crippen LogP contribution in [0.25, 0.3) is 0 Å². The number of benzene rings is 1. The Morgan fingerprint density at radius 2 is 2.10 bits per heavy atom. The molecule has 0 radical (unpaired) electrons. The van der Waals surface area contributed by atoms with Gasteiger partial charge in [-0.2, -0.15) is 0 Å². The Labute approximate surface area is 121 Å². The molecule has 0 spiro atoms. The molecule has 2 unspecified atom stereocenters. The second kappa shape index (κ2) is 7.74. The van der Waals surface area contributed by atoms with Crippen LogP contribution in [0.1, 0.15) is 25.5 Å². The highest BCUT2D eigenvalue weighted by Crippen LogP contribution is 2.13. The van der Waals surface area contributed by atoms with Crippen molar-refractivity contribution >= 4 is 0 Å². The molecule has 20 heavy (non-hydrogen) atoms. The van der Waals surface area contributed by atoms with E-state index in [4.69, 9.17) is 4.74 Å². The topological polar surface area (TPSA) is 44.7 Å².